The first-order valence-electron chi connectivity index (χ1n) is 10.7. The zero-order valence-corrected chi connectivity index (χ0v) is 18.9. The van der Waals surface area contributed by atoms with Crippen LogP contribution in [0.1, 0.15) is 46.1 Å². The molecule has 7 heteroatoms. The molecular formula is C25H25N5OS. The molecule has 0 unspecified atom stereocenters. The molecule has 32 heavy (non-hydrogen) atoms. The maximum Gasteiger partial charge on any atom is 0.170 e. The Morgan fingerprint density at radius 2 is 1.88 bits per heavy atom. The van der Waals surface area contributed by atoms with E-state index in [9.17, 15) is 0 Å². The Labute approximate surface area is 192 Å². The van der Waals surface area contributed by atoms with Crippen molar-refractivity contribution >= 4 is 17.3 Å². The van der Waals surface area contributed by atoms with E-state index in [1.807, 2.05) is 55.0 Å². The average Bonchev–Trinajstić information content (AvgIpc) is 3.51. The maximum atomic E-state index is 5.82. The third kappa shape index (κ3) is 3.80. The molecule has 0 aliphatic carbocycles. The SMILES string of the molecule is Cc1cc([C@H]2[C@H](c3ccccn3)NC(=S)N2Cc2ccncc2)c(C)n1Cc1ccco1. The summed E-state index contributed by atoms with van der Waals surface area (Å²) >= 11 is 5.82. The molecule has 1 N–H and O–H groups in total. The summed E-state index contributed by atoms with van der Waals surface area (Å²) in [5, 5.41) is 4.28. The Bertz CT molecular complexity index is 1200. The van der Waals surface area contributed by atoms with E-state index < -0.39 is 0 Å². The van der Waals surface area contributed by atoms with Crippen molar-refractivity contribution in [3.8, 4) is 0 Å². The van der Waals surface area contributed by atoms with Crippen LogP contribution in [0.25, 0.3) is 0 Å². The van der Waals surface area contributed by atoms with Crippen LogP contribution in [-0.4, -0.2) is 24.5 Å². The van der Waals surface area contributed by atoms with Crippen LogP contribution >= 0.6 is 12.2 Å². The van der Waals surface area contributed by atoms with Crippen LogP contribution in [0.15, 0.2) is 77.8 Å². The van der Waals surface area contributed by atoms with Gasteiger partial charge in [0.05, 0.1) is 30.6 Å². The van der Waals surface area contributed by atoms with E-state index in [1.165, 1.54) is 22.5 Å². The van der Waals surface area contributed by atoms with Crippen molar-refractivity contribution in [3.05, 3.63) is 107 Å². The van der Waals surface area contributed by atoms with Gasteiger partial charge in [-0.2, -0.15) is 0 Å². The number of nitrogens with one attached hydrogen (secondary N) is 1. The summed E-state index contributed by atoms with van der Waals surface area (Å²) in [7, 11) is 0. The highest BCUT2D eigenvalue weighted by Gasteiger charge is 2.41. The molecule has 6 nitrogen and oxygen atoms in total. The molecular weight excluding hydrogens is 418 g/mol. The van der Waals surface area contributed by atoms with Crippen LogP contribution in [0.3, 0.4) is 0 Å². The van der Waals surface area contributed by atoms with Crippen molar-refractivity contribution in [2.75, 3.05) is 0 Å². The number of hydrogen-bond donors (Lipinski definition) is 1. The van der Waals surface area contributed by atoms with E-state index in [1.54, 1.807) is 6.26 Å². The van der Waals surface area contributed by atoms with Crippen LogP contribution in [0.5, 0.6) is 0 Å². The molecule has 5 heterocycles. The van der Waals surface area contributed by atoms with Gasteiger partial charge in [-0.15, -0.1) is 0 Å². The van der Waals surface area contributed by atoms with Gasteiger partial charge in [0.15, 0.2) is 5.11 Å². The lowest BCUT2D eigenvalue weighted by atomic mass is 9.96. The molecule has 162 valence electrons. The quantitative estimate of drug-likeness (QED) is 0.436. The highest BCUT2D eigenvalue weighted by Crippen LogP contribution is 2.41. The fraction of sp³-hybridized carbons (Fsp3) is 0.240. The molecule has 0 aromatic carbocycles. The van der Waals surface area contributed by atoms with Gasteiger partial charge >= 0.3 is 0 Å². The summed E-state index contributed by atoms with van der Waals surface area (Å²) in [5.41, 5.74) is 5.78. The van der Waals surface area contributed by atoms with Crippen LogP contribution in [0.4, 0.5) is 0 Å². The predicted octanol–water partition coefficient (Wildman–Crippen LogP) is 4.71. The second-order valence-electron chi connectivity index (χ2n) is 8.10. The molecule has 0 radical (unpaired) electrons. The van der Waals surface area contributed by atoms with Crippen molar-refractivity contribution < 1.29 is 4.42 Å². The zero-order valence-electron chi connectivity index (χ0n) is 18.1. The fourth-order valence-corrected chi connectivity index (χ4v) is 4.83. The molecule has 0 spiro atoms. The van der Waals surface area contributed by atoms with Gasteiger partial charge in [0.1, 0.15) is 5.76 Å². The smallest absolute Gasteiger partial charge is 0.170 e. The summed E-state index contributed by atoms with van der Waals surface area (Å²) in [6.45, 7) is 5.72. The summed E-state index contributed by atoms with van der Waals surface area (Å²) in [4.78, 5) is 11.1. The number of aryl methyl sites for hydroxylation is 1. The van der Waals surface area contributed by atoms with Gasteiger partial charge in [-0.25, -0.2) is 0 Å². The van der Waals surface area contributed by atoms with E-state index in [0.717, 1.165) is 16.6 Å². The summed E-state index contributed by atoms with van der Waals surface area (Å²) in [6, 6.07) is 16.3. The highest BCUT2D eigenvalue weighted by molar-refractivity contribution is 7.80. The lowest BCUT2D eigenvalue weighted by molar-refractivity contribution is 0.309. The second-order valence-corrected chi connectivity index (χ2v) is 8.49. The van der Waals surface area contributed by atoms with Gasteiger partial charge < -0.3 is 19.2 Å². The average molecular weight is 444 g/mol. The zero-order chi connectivity index (χ0) is 22.1. The van der Waals surface area contributed by atoms with Crippen LogP contribution in [-0.2, 0) is 13.1 Å². The van der Waals surface area contributed by atoms with Gasteiger partial charge in [0, 0.05) is 36.5 Å². The van der Waals surface area contributed by atoms with Crippen molar-refractivity contribution in [2.45, 2.75) is 39.0 Å². The molecule has 1 aliphatic rings. The Morgan fingerprint density at radius 3 is 2.59 bits per heavy atom. The normalized spacial score (nSPS) is 18.2. The van der Waals surface area contributed by atoms with Crippen molar-refractivity contribution in [2.24, 2.45) is 0 Å². The number of furan rings is 1. The number of rotatable bonds is 6. The van der Waals surface area contributed by atoms with Crippen molar-refractivity contribution in [1.29, 1.82) is 0 Å². The Morgan fingerprint density at radius 1 is 1.03 bits per heavy atom. The number of aromatic nitrogens is 3. The fourth-order valence-electron chi connectivity index (χ4n) is 4.53. The van der Waals surface area contributed by atoms with Gasteiger partial charge in [-0.1, -0.05) is 6.07 Å². The molecule has 0 saturated carbocycles. The summed E-state index contributed by atoms with van der Waals surface area (Å²) in [5.74, 6) is 0.938. The number of pyridine rings is 2. The molecule has 5 rings (SSSR count). The Balaban J connectivity index is 1.57. The summed E-state index contributed by atoms with van der Waals surface area (Å²) in [6.07, 6.45) is 7.20. The van der Waals surface area contributed by atoms with Gasteiger partial charge in [-0.3, -0.25) is 9.97 Å². The molecule has 1 fully saturated rings. The van der Waals surface area contributed by atoms with Crippen LogP contribution in [0.2, 0.25) is 0 Å². The predicted molar refractivity (Wildman–Crippen MR) is 127 cm³/mol. The third-order valence-corrected chi connectivity index (χ3v) is 6.48. The first kappa shape index (κ1) is 20.5. The molecule has 1 aliphatic heterocycles. The maximum absolute atomic E-state index is 5.82. The van der Waals surface area contributed by atoms with Crippen molar-refractivity contribution in [1.82, 2.24) is 24.8 Å². The number of nitrogens with zero attached hydrogens (tertiary/aromatic N) is 4. The van der Waals surface area contributed by atoms with E-state index in [0.29, 0.717) is 13.1 Å². The molecule has 4 aromatic rings. The standard InChI is InChI=1S/C25H25N5OS/c1-17-14-21(18(2)29(17)16-20-6-5-13-31-20)24-23(22-7-3-4-10-27-22)28-25(32)30(24)15-19-8-11-26-12-9-19/h3-14,23-24H,15-16H2,1-2H3,(H,28,32)/t23-,24-/m0/s1. The largest absolute Gasteiger partial charge is 0.467 e. The summed E-state index contributed by atoms with van der Waals surface area (Å²) < 4.78 is 7.91. The minimum atomic E-state index is -0.0388. The van der Waals surface area contributed by atoms with E-state index in [-0.39, 0.29) is 12.1 Å². The third-order valence-electron chi connectivity index (χ3n) is 6.13. The second kappa shape index (κ2) is 8.59. The van der Waals surface area contributed by atoms with E-state index in [2.05, 4.69) is 50.7 Å². The highest BCUT2D eigenvalue weighted by atomic mass is 32.1. The van der Waals surface area contributed by atoms with Gasteiger partial charge in [0.25, 0.3) is 0 Å². The molecule has 4 aromatic heterocycles. The van der Waals surface area contributed by atoms with Crippen molar-refractivity contribution in [3.63, 3.8) is 0 Å². The number of thiocarbonyl (C=S) groups is 1. The van der Waals surface area contributed by atoms with E-state index in [4.69, 9.17) is 16.6 Å². The first-order chi connectivity index (χ1) is 15.6. The number of hydrogen-bond acceptors (Lipinski definition) is 4. The van der Waals surface area contributed by atoms with Crippen LogP contribution in [0, 0.1) is 13.8 Å². The topological polar surface area (TPSA) is 59.1 Å². The molecule has 1 saturated heterocycles. The van der Waals surface area contributed by atoms with Crippen LogP contribution < -0.4 is 5.32 Å². The van der Waals surface area contributed by atoms with Gasteiger partial charge in [-0.05, 0) is 79.7 Å². The Kier molecular flexibility index (Phi) is 5.49. The minimum absolute atomic E-state index is 0.0158. The minimum Gasteiger partial charge on any atom is -0.467 e. The van der Waals surface area contributed by atoms with E-state index >= 15 is 0 Å². The molecule has 2 atom stereocenters. The molecule has 0 amide bonds. The lowest BCUT2D eigenvalue weighted by Gasteiger charge is -2.28. The van der Waals surface area contributed by atoms with Gasteiger partial charge in [0.2, 0.25) is 0 Å². The monoisotopic (exact) mass is 443 g/mol. The molecule has 0 bridgehead atoms. The first-order valence-corrected chi connectivity index (χ1v) is 11.1. The Hall–Kier alpha value is -3.45. The lowest BCUT2D eigenvalue weighted by Crippen LogP contribution is -2.29.